The summed E-state index contributed by atoms with van der Waals surface area (Å²) in [5, 5.41) is 2.59. The van der Waals surface area contributed by atoms with Crippen molar-refractivity contribution in [3.8, 4) is 0 Å². The van der Waals surface area contributed by atoms with Crippen LogP contribution in [0.25, 0.3) is 0 Å². The molecular formula is C13H12FN3O. The topological polar surface area (TPSA) is 81.1 Å². The number of halogens is 1. The molecular weight excluding hydrogens is 233 g/mol. The summed E-state index contributed by atoms with van der Waals surface area (Å²) in [6.45, 7) is 0. The monoisotopic (exact) mass is 245 g/mol. The van der Waals surface area contributed by atoms with E-state index in [-0.39, 0.29) is 11.6 Å². The van der Waals surface area contributed by atoms with Gasteiger partial charge in [0.05, 0.1) is 11.4 Å². The Kier molecular flexibility index (Phi) is 3.14. The number of hydrogen-bond acceptors (Lipinski definition) is 3. The zero-order chi connectivity index (χ0) is 13.1. The molecule has 92 valence electrons. The summed E-state index contributed by atoms with van der Waals surface area (Å²) in [5.41, 5.74) is 12.6. The van der Waals surface area contributed by atoms with E-state index in [4.69, 9.17) is 11.5 Å². The van der Waals surface area contributed by atoms with Gasteiger partial charge in [0, 0.05) is 11.3 Å². The fourth-order valence-electron chi connectivity index (χ4n) is 1.52. The molecule has 4 nitrogen and oxygen atoms in total. The summed E-state index contributed by atoms with van der Waals surface area (Å²) in [6.07, 6.45) is 0. The van der Waals surface area contributed by atoms with E-state index in [1.165, 1.54) is 12.1 Å². The first-order valence-corrected chi connectivity index (χ1v) is 5.28. The van der Waals surface area contributed by atoms with Crippen molar-refractivity contribution >= 4 is 23.0 Å². The molecule has 2 aromatic carbocycles. The molecule has 0 bridgehead atoms. The van der Waals surface area contributed by atoms with E-state index in [9.17, 15) is 9.18 Å². The van der Waals surface area contributed by atoms with Gasteiger partial charge in [-0.05, 0) is 36.4 Å². The van der Waals surface area contributed by atoms with Gasteiger partial charge in [-0.2, -0.15) is 0 Å². The average Bonchev–Trinajstić information content (AvgIpc) is 2.32. The van der Waals surface area contributed by atoms with Crippen LogP contribution in [-0.2, 0) is 0 Å². The van der Waals surface area contributed by atoms with Gasteiger partial charge in [-0.1, -0.05) is 6.07 Å². The summed E-state index contributed by atoms with van der Waals surface area (Å²) in [6, 6.07) is 10.3. The van der Waals surface area contributed by atoms with E-state index >= 15 is 0 Å². The molecule has 2 aromatic rings. The summed E-state index contributed by atoms with van der Waals surface area (Å²) in [5.74, 6) is -0.796. The molecule has 0 saturated heterocycles. The second-order valence-electron chi connectivity index (χ2n) is 3.81. The number of amides is 1. The minimum atomic E-state index is -0.450. The van der Waals surface area contributed by atoms with Crippen molar-refractivity contribution < 1.29 is 9.18 Å². The Balaban J connectivity index is 2.21. The molecule has 0 heterocycles. The van der Waals surface area contributed by atoms with E-state index in [0.717, 1.165) is 6.07 Å². The van der Waals surface area contributed by atoms with Crippen LogP contribution in [0.1, 0.15) is 10.4 Å². The number of carbonyl (C=O) groups is 1. The molecule has 0 saturated carbocycles. The molecule has 0 unspecified atom stereocenters. The molecule has 0 fully saturated rings. The Morgan fingerprint density at radius 2 is 1.89 bits per heavy atom. The molecule has 0 aliphatic carbocycles. The minimum Gasteiger partial charge on any atom is -0.399 e. The van der Waals surface area contributed by atoms with Crippen molar-refractivity contribution in [2.45, 2.75) is 0 Å². The number of benzene rings is 2. The second-order valence-corrected chi connectivity index (χ2v) is 3.81. The lowest BCUT2D eigenvalue weighted by Gasteiger charge is -2.08. The van der Waals surface area contributed by atoms with Crippen LogP contribution < -0.4 is 16.8 Å². The van der Waals surface area contributed by atoms with Crippen molar-refractivity contribution in [2.75, 3.05) is 16.8 Å². The summed E-state index contributed by atoms with van der Waals surface area (Å²) < 4.78 is 12.9. The molecule has 0 aromatic heterocycles. The number of carbonyl (C=O) groups excluding carboxylic acids is 1. The van der Waals surface area contributed by atoms with Crippen molar-refractivity contribution in [2.24, 2.45) is 0 Å². The lowest BCUT2D eigenvalue weighted by Crippen LogP contribution is -2.13. The fraction of sp³-hybridized carbons (Fsp3) is 0. The lowest BCUT2D eigenvalue weighted by molar-refractivity contribution is 0.102. The molecule has 0 spiro atoms. The normalized spacial score (nSPS) is 10.1. The first-order chi connectivity index (χ1) is 8.56. The van der Waals surface area contributed by atoms with Crippen molar-refractivity contribution in [3.63, 3.8) is 0 Å². The van der Waals surface area contributed by atoms with Crippen LogP contribution in [-0.4, -0.2) is 5.91 Å². The van der Waals surface area contributed by atoms with Gasteiger partial charge in [0.2, 0.25) is 0 Å². The standard InChI is InChI=1S/C13H12FN3O/c14-9-4-5-12(11(16)7-9)17-13(18)8-2-1-3-10(15)6-8/h1-7H,15-16H2,(H,17,18). The highest BCUT2D eigenvalue weighted by Gasteiger charge is 2.08. The molecule has 5 N–H and O–H groups in total. The number of nitrogen functional groups attached to an aromatic ring is 2. The number of anilines is 3. The zero-order valence-electron chi connectivity index (χ0n) is 9.48. The predicted molar refractivity (Wildman–Crippen MR) is 69.6 cm³/mol. The van der Waals surface area contributed by atoms with Crippen LogP contribution in [0.15, 0.2) is 42.5 Å². The van der Waals surface area contributed by atoms with E-state index in [2.05, 4.69) is 5.32 Å². The zero-order valence-corrected chi connectivity index (χ0v) is 9.48. The van der Waals surface area contributed by atoms with Gasteiger partial charge in [-0.25, -0.2) is 4.39 Å². The maximum absolute atomic E-state index is 12.9. The van der Waals surface area contributed by atoms with Crippen molar-refractivity contribution in [1.29, 1.82) is 0 Å². The summed E-state index contributed by atoms with van der Waals surface area (Å²) >= 11 is 0. The molecule has 0 aliphatic rings. The lowest BCUT2D eigenvalue weighted by atomic mass is 10.2. The summed E-state index contributed by atoms with van der Waals surface area (Å²) in [4.78, 5) is 11.9. The predicted octanol–water partition coefficient (Wildman–Crippen LogP) is 2.24. The molecule has 0 radical (unpaired) electrons. The Bertz CT molecular complexity index is 599. The smallest absolute Gasteiger partial charge is 0.255 e. The molecule has 0 aliphatic heterocycles. The van der Waals surface area contributed by atoms with Gasteiger partial charge in [0.1, 0.15) is 5.82 Å². The van der Waals surface area contributed by atoms with Gasteiger partial charge >= 0.3 is 0 Å². The van der Waals surface area contributed by atoms with Crippen LogP contribution in [0.5, 0.6) is 0 Å². The molecule has 0 atom stereocenters. The van der Waals surface area contributed by atoms with Crippen LogP contribution in [0.2, 0.25) is 0 Å². The Morgan fingerprint density at radius 1 is 1.11 bits per heavy atom. The highest BCUT2D eigenvalue weighted by Crippen LogP contribution is 2.20. The SMILES string of the molecule is Nc1cccc(C(=O)Nc2ccc(F)cc2N)c1. The fourth-order valence-corrected chi connectivity index (χ4v) is 1.52. The molecule has 2 rings (SSSR count). The highest BCUT2D eigenvalue weighted by molar-refractivity contribution is 6.06. The third-order valence-electron chi connectivity index (χ3n) is 2.41. The number of nitrogens with two attached hydrogens (primary N) is 2. The third-order valence-corrected chi connectivity index (χ3v) is 2.41. The highest BCUT2D eigenvalue weighted by atomic mass is 19.1. The Hall–Kier alpha value is -2.56. The minimum absolute atomic E-state index is 0.173. The number of rotatable bonds is 2. The Labute approximate surface area is 103 Å². The quantitative estimate of drug-likeness (QED) is 0.710. The Morgan fingerprint density at radius 3 is 2.56 bits per heavy atom. The maximum atomic E-state index is 12.9. The first kappa shape index (κ1) is 11.9. The van der Waals surface area contributed by atoms with Gasteiger partial charge in [-0.15, -0.1) is 0 Å². The number of nitrogens with one attached hydrogen (secondary N) is 1. The second kappa shape index (κ2) is 4.75. The van der Waals surface area contributed by atoms with Gasteiger partial charge in [0.25, 0.3) is 5.91 Å². The van der Waals surface area contributed by atoms with Crippen LogP contribution in [0, 0.1) is 5.82 Å². The van der Waals surface area contributed by atoms with Gasteiger partial charge in [0.15, 0.2) is 0 Å². The largest absolute Gasteiger partial charge is 0.399 e. The summed E-state index contributed by atoms with van der Waals surface area (Å²) in [7, 11) is 0. The van der Waals surface area contributed by atoms with Crippen LogP contribution >= 0.6 is 0 Å². The molecule has 18 heavy (non-hydrogen) atoms. The first-order valence-electron chi connectivity index (χ1n) is 5.28. The third kappa shape index (κ3) is 2.57. The molecule has 1 amide bonds. The van der Waals surface area contributed by atoms with E-state index in [0.29, 0.717) is 16.9 Å². The van der Waals surface area contributed by atoms with Crippen molar-refractivity contribution in [3.05, 3.63) is 53.8 Å². The van der Waals surface area contributed by atoms with E-state index < -0.39 is 5.82 Å². The average molecular weight is 245 g/mol. The van der Waals surface area contributed by atoms with Gasteiger partial charge in [-0.3, -0.25) is 4.79 Å². The maximum Gasteiger partial charge on any atom is 0.255 e. The van der Waals surface area contributed by atoms with E-state index in [1.54, 1.807) is 24.3 Å². The number of hydrogen-bond donors (Lipinski definition) is 3. The van der Waals surface area contributed by atoms with Crippen molar-refractivity contribution in [1.82, 2.24) is 0 Å². The van der Waals surface area contributed by atoms with Gasteiger partial charge < -0.3 is 16.8 Å². The van der Waals surface area contributed by atoms with E-state index in [1.807, 2.05) is 0 Å². The van der Waals surface area contributed by atoms with Crippen LogP contribution in [0.3, 0.4) is 0 Å². The van der Waals surface area contributed by atoms with Crippen LogP contribution in [0.4, 0.5) is 21.5 Å². The molecule has 5 heteroatoms.